The van der Waals surface area contributed by atoms with Gasteiger partial charge in [-0.3, -0.25) is 0 Å². The monoisotopic (exact) mass is 395 g/mol. The summed E-state index contributed by atoms with van der Waals surface area (Å²) in [6, 6.07) is 4.57. The highest BCUT2D eigenvalue weighted by molar-refractivity contribution is 7.89. The fourth-order valence-corrected chi connectivity index (χ4v) is 5.23. The third kappa shape index (κ3) is 5.05. The third-order valence-corrected chi connectivity index (χ3v) is 6.87. The second kappa shape index (κ2) is 9.81. The Kier molecular flexibility index (Phi) is 7.75. The Bertz CT molecular complexity index is 761. The normalized spacial score (nSPS) is 17.1. The van der Waals surface area contributed by atoms with Crippen LogP contribution in [0.25, 0.3) is 0 Å². The molecular formula is C19H29N3O4S. The van der Waals surface area contributed by atoms with Gasteiger partial charge in [0.1, 0.15) is 16.4 Å². The Morgan fingerprint density at radius 3 is 2.63 bits per heavy atom. The Morgan fingerprint density at radius 1 is 1.26 bits per heavy atom. The fourth-order valence-electron chi connectivity index (χ4n) is 3.37. The van der Waals surface area contributed by atoms with Crippen LogP contribution in [-0.4, -0.2) is 57.5 Å². The van der Waals surface area contributed by atoms with Crippen LogP contribution < -0.4 is 9.47 Å². The molecule has 8 heteroatoms. The van der Waals surface area contributed by atoms with E-state index >= 15 is 0 Å². The third-order valence-electron chi connectivity index (χ3n) is 4.90. The van der Waals surface area contributed by atoms with Crippen molar-refractivity contribution in [3.63, 3.8) is 0 Å². The van der Waals surface area contributed by atoms with Crippen LogP contribution >= 0.6 is 0 Å². The van der Waals surface area contributed by atoms with E-state index in [4.69, 9.17) is 14.7 Å². The summed E-state index contributed by atoms with van der Waals surface area (Å²) in [6.45, 7) is 3.57. The van der Waals surface area contributed by atoms with Gasteiger partial charge in [-0.1, -0.05) is 26.2 Å². The number of methoxy groups -OCH3 is 2. The van der Waals surface area contributed by atoms with Crippen molar-refractivity contribution >= 4 is 10.0 Å². The topological polar surface area (TPSA) is 82.9 Å². The van der Waals surface area contributed by atoms with Crippen molar-refractivity contribution in [3.8, 4) is 17.7 Å². The van der Waals surface area contributed by atoms with Gasteiger partial charge in [-0.25, -0.2) is 8.42 Å². The van der Waals surface area contributed by atoms with Crippen LogP contribution in [-0.2, 0) is 10.0 Å². The first-order valence-electron chi connectivity index (χ1n) is 9.36. The van der Waals surface area contributed by atoms with Gasteiger partial charge in [0.25, 0.3) is 0 Å². The number of hydrogen-bond acceptors (Lipinski definition) is 6. The van der Waals surface area contributed by atoms with Gasteiger partial charge in [0.15, 0.2) is 6.19 Å². The fraction of sp³-hybridized carbons (Fsp3) is 0.632. The van der Waals surface area contributed by atoms with E-state index in [1.807, 2.05) is 0 Å². The van der Waals surface area contributed by atoms with Crippen molar-refractivity contribution in [1.29, 1.82) is 5.26 Å². The summed E-state index contributed by atoms with van der Waals surface area (Å²) in [7, 11) is -0.826. The second-order valence-corrected chi connectivity index (χ2v) is 8.54. The lowest BCUT2D eigenvalue weighted by Crippen LogP contribution is -2.42. The largest absolute Gasteiger partial charge is 0.497 e. The highest BCUT2D eigenvalue weighted by Gasteiger charge is 2.37. The summed E-state index contributed by atoms with van der Waals surface area (Å²) in [5, 5.41) is 9.15. The molecule has 0 amide bonds. The molecule has 1 aliphatic heterocycles. The maximum atomic E-state index is 13.5. The average Bonchev–Trinajstić information content (AvgIpc) is 3.15. The predicted molar refractivity (Wildman–Crippen MR) is 103 cm³/mol. The average molecular weight is 396 g/mol. The van der Waals surface area contributed by atoms with Crippen molar-refractivity contribution in [2.45, 2.75) is 50.0 Å². The molecule has 1 saturated heterocycles. The van der Waals surface area contributed by atoms with Gasteiger partial charge in [-0.15, -0.1) is 0 Å². The zero-order valence-corrected chi connectivity index (χ0v) is 17.2. The van der Waals surface area contributed by atoms with Crippen LogP contribution in [0.4, 0.5) is 0 Å². The van der Waals surface area contributed by atoms with E-state index in [9.17, 15) is 8.42 Å². The Labute approximate surface area is 162 Å². The molecule has 7 nitrogen and oxygen atoms in total. The number of likely N-dealkylation sites (tertiary alicyclic amines) is 1. The van der Waals surface area contributed by atoms with E-state index < -0.39 is 10.0 Å². The summed E-state index contributed by atoms with van der Waals surface area (Å²) in [6.07, 6.45) is 6.70. The van der Waals surface area contributed by atoms with Gasteiger partial charge in [-0.2, -0.15) is 9.57 Å². The zero-order valence-electron chi connectivity index (χ0n) is 16.3. The standard InChI is InChI=1S/C19H29N3O4S/c1-4-5-6-7-11-22(16-10-12-21(14-16)15-20)27(23,24)19-13-17(25-2)8-9-18(19)26-3/h8-9,13,16H,4-7,10-12,14H2,1-3H3/t16-/m1/s1. The molecule has 0 bridgehead atoms. The van der Waals surface area contributed by atoms with Gasteiger partial charge in [0.05, 0.1) is 14.2 Å². The molecule has 1 atom stereocenters. The molecule has 0 spiro atoms. The molecule has 27 heavy (non-hydrogen) atoms. The number of nitrogens with zero attached hydrogens (tertiary/aromatic N) is 3. The second-order valence-electron chi connectivity index (χ2n) is 6.68. The number of rotatable bonds is 10. The first-order valence-corrected chi connectivity index (χ1v) is 10.8. The van der Waals surface area contributed by atoms with Crippen LogP contribution in [0.2, 0.25) is 0 Å². The summed E-state index contributed by atoms with van der Waals surface area (Å²) >= 11 is 0. The molecule has 1 heterocycles. The van der Waals surface area contributed by atoms with Gasteiger partial charge in [0, 0.05) is 31.7 Å². The van der Waals surface area contributed by atoms with Crippen molar-refractivity contribution in [3.05, 3.63) is 18.2 Å². The number of benzene rings is 1. The Morgan fingerprint density at radius 2 is 2.04 bits per heavy atom. The molecule has 0 aromatic heterocycles. The number of nitriles is 1. The van der Waals surface area contributed by atoms with Crippen LogP contribution in [0, 0.1) is 11.5 Å². The minimum absolute atomic E-state index is 0.107. The molecule has 0 aliphatic carbocycles. The van der Waals surface area contributed by atoms with Crippen molar-refractivity contribution < 1.29 is 17.9 Å². The van der Waals surface area contributed by atoms with E-state index in [1.54, 1.807) is 21.3 Å². The molecule has 2 rings (SSSR count). The summed E-state index contributed by atoms with van der Waals surface area (Å²) < 4.78 is 39.1. The van der Waals surface area contributed by atoms with Crippen LogP contribution in [0.5, 0.6) is 11.5 Å². The Hall–Kier alpha value is -1.98. The Balaban J connectivity index is 2.36. The SMILES string of the molecule is CCCCCCN([C@@H]1CCN(C#N)C1)S(=O)(=O)c1cc(OC)ccc1OC. The van der Waals surface area contributed by atoms with E-state index in [1.165, 1.54) is 20.3 Å². The summed E-state index contributed by atoms with van der Waals surface area (Å²) in [4.78, 5) is 1.72. The van der Waals surface area contributed by atoms with Gasteiger partial charge in [0.2, 0.25) is 10.0 Å². The first kappa shape index (κ1) is 21.3. The minimum atomic E-state index is -3.79. The molecule has 0 radical (unpaired) electrons. The smallest absolute Gasteiger partial charge is 0.247 e. The molecular weight excluding hydrogens is 366 g/mol. The first-order chi connectivity index (χ1) is 13.0. The van der Waals surface area contributed by atoms with Gasteiger partial charge in [-0.05, 0) is 25.0 Å². The van der Waals surface area contributed by atoms with E-state index in [-0.39, 0.29) is 10.9 Å². The quantitative estimate of drug-likeness (QED) is 0.447. The lowest BCUT2D eigenvalue weighted by molar-refractivity contribution is 0.310. The summed E-state index contributed by atoms with van der Waals surface area (Å²) in [5.74, 6) is 0.759. The summed E-state index contributed by atoms with van der Waals surface area (Å²) in [5.41, 5.74) is 0. The highest BCUT2D eigenvalue weighted by Crippen LogP contribution is 2.33. The van der Waals surface area contributed by atoms with Crippen molar-refractivity contribution in [2.75, 3.05) is 33.9 Å². The van der Waals surface area contributed by atoms with Crippen LogP contribution in [0.15, 0.2) is 23.1 Å². The van der Waals surface area contributed by atoms with Crippen molar-refractivity contribution in [2.24, 2.45) is 0 Å². The molecule has 0 N–H and O–H groups in total. The number of unbranched alkanes of at least 4 members (excludes halogenated alkanes) is 3. The van der Waals surface area contributed by atoms with E-state index in [2.05, 4.69) is 13.1 Å². The molecule has 0 unspecified atom stereocenters. The number of ether oxygens (including phenoxy) is 2. The minimum Gasteiger partial charge on any atom is -0.497 e. The van der Waals surface area contributed by atoms with Crippen molar-refractivity contribution in [1.82, 2.24) is 9.21 Å². The molecule has 150 valence electrons. The molecule has 0 saturated carbocycles. The maximum Gasteiger partial charge on any atom is 0.247 e. The molecule has 1 aliphatic rings. The van der Waals surface area contributed by atoms with Gasteiger partial charge < -0.3 is 14.4 Å². The lowest BCUT2D eigenvalue weighted by Gasteiger charge is -2.28. The van der Waals surface area contributed by atoms with E-state index in [0.29, 0.717) is 37.6 Å². The predicted octanol–water partition coefficient (Wildman–Crippen LogP) is 2.83. The number of hydrogen-bond donors (Lipinski definition) is 0. The van der Waals surface area contributed by atoms with Gasteiger partial charge >= 0.3 is 0 Å². The van der Waals surface area contributed by atoms with E-state index in [0.717, 1.165) is 25.7 Å². The highest BCUT2D eigenvalue weighted by atomic mass is 32.2. The van der Waals surface area contributed by atoms with Crippen LogP contribution in [0.1, 0.15) is 39.0 Å². The zero-order chi connectivity index (χ0) is 19.9. The molecule has 1 fully saturated rings. The van der Waals surface area contributed by atoms with Crippen LogP contribution in [0.3, 0.4) is 0 Å². The lowest BCUT2D eigenvalue weighted by atomic mass is 10.2. The molecule has 1 aromatic rings. The maximum absolute atomic E-state index is 13.5. The molecule has 1 aromatic carbocycles. The number of sulfonamides is 1.